The number of nitrogens with one attached hydrogen (secondary N) is 2. The van der Waals surface area contributed by atoms with Gasteiger partial charge in [-0.1, -0.05) is 13.0 Å². The zero-order valence-corrected chi connectivity index (χ0v) is 13.7. The van der Waals surface area contributed by atoms with Crippen LogP contribution in [-0.4, -0.2) is 46.9 Å². The van der Waals surface area contributed by atoms with Crippen LogP contribution in [0.25, 0.3) is 0 Å². The normalized spacial score (nSPS) is 16.3. The van der Waals surface area contributed by atoms with Crippen molar-refractivity contribution in [3.8, 4) is 0 Å². The Morgan fingerprint density at radius 1 is 1.43 bits per heavy atom. The number of aromatic nitrogens is 1. The number of carboxylic acids is 1. The molecule has 128 valence electrons. The highest BCUT2D eigenvalue weighted by Gasteiger charge is 2.17. The minimum Gasteiger partial charge on any atom is -0.480 e. The molecule has 23 heavy (non-hydrogen) atoms. The molecule has 2 atom stereocenters. The average Bonchev–Trinajstić information content (AvgIpc) is 2.56. The lowest BCUT2D eigenvalue weighted by Crippen LogP contribution is -2.39. The number of rotatable bonds is 9. The average molecular weight is 321 g/mol. The summed E-state index contributed by atoms with van der Waals surface area (Å²) in [5.41, 5.74) is 2.37. The van der Waals surface area contributed by atoms with E-state index in [4.69, 9.17) is 10.2 Å². The summed E-state index contributed by atoms with van der Waals surface area (Å²) in [6.45, 7) is 3.59. The highest BCUT2D eigenvalue weighted by atomic mass is 16.4. The molecule has 6 heteroatoms. The van der Waals surface area contributed by atoms with E-state index >= 15 is 0 Å². The number of aliphatic hydroxyl groups is 1. The van der Waals surface area contributed by atoms with Crippen LogP contribution in [-0.2, 0) is 17.6 Å². The number of carboxylic acid groups (broad SMARTS) is 1. The van der Waals surface area contributed by atoms with Crippen molar-refractivity contribution in [2.45, 2.75) is 45.1 Å². The Kier molecular flexibility index (Phi) is 6.80. The van der Waals surface area contributed by atoms with Crippen molar-refractivity contribution in [1.82, 2.24) is 10.3 Å². The molecule has 0 aromatic carbocycles. The molecule has 1 aromatic heterocycles. The number of fused-ring (bicyclic) bond motifs is 1. The first-order valence-electron chi connectivity index (χ1n) is 8.40. The number of aliphatic hydroxyl groups excluding tert-OH is 1. The van der Waals surface area contributed by atoms with Crippen LogP contribution in [0.1, 0.15) is 37.4 Å². The van der Waals surface area contributed by atoms with Gasteiger partial charge >= 0.3 is 5.97 Å². The second-order valence-electron chi connectivity index (χ2n) is 6.30. The molecule has 0 unspecified atom stereocenters. The van der Waals surface area contributed by atoms with E-state index in [-0.39, 0.29) is 13.0 Å². The molecule has 0 saturated carbocycles. The van der Waals surface area contributed by atoms with Gasteiger partial charge < -0.3 is 20.8 Å². The van der Waals surface area contributed by atoms with Gasteiger partial charge in [0.2, 0.25) is 0 Å². The van der Waals surface area contributed by atoms with E-state index in [1.54, 1.807) is 0 Å². The van der Waals surface area contributed by atoms with Gasteiger partial charge in [-0.15, -0.1) is 0 Å². The van der Waals surface area contributed by atoms with Crippen molar-refractivity contribution < 1.29 is 15.0 Å². The third-order valence-corrected chi connectivity index (χ3v) is 4.27. The Hall–Kier alpha value is -1.66. The van der Waals surface area contributed by atoms with E-state index in [9.17, 15) is 4.79 Å². The number of carbonyl (C=O) groups is 1. The molecule has 0 radical (unpaired) electrons. The fraction of sp³-hybridized carbons (Fsp3) is 0.647. The molecule has 0 amide bonds. The van der Waals surface area contributed by atoms with Gasteiger partial charge in [-0.05, 0) is 56.2 Å². The Balaban J connectivity index is 1.77. The first-order chi connectivity index (χ1) is 11.1. The fourth-order valence-electron chi connectivity index (χ4n) is 2.79. The van der Waals surface area contributed by atoms with Crippen LogP contribution in [0.4, 0.5) is 5.82 Å². The number of nitrogens with zero attached hydrogens (tertiary/aromatic N) is 1. The minimum absolute atomic E-state index is 0.121. The summed E-state index contributed by atoms with van der Waals surface area (Å²) in [7, 11) is 0. The van der Waals surface area contributed by atoms with Gasteiger partial charge in [0.05, 0.1) is 0 Å². The maximum atomic E-state index is 11.0. The lowest BCUT2D eigenvalue weighted by atomic mass is 10.0. The van der Waals surface area contributed by atoms with Gasteiger partial charge in [0.25, 0.3) is 0 Å². The predicted octanol–water partition coefficient (Wildman–Crippen LogP) is 1.43. The standard InChI is InChI=1S/C17H27N3O3/c1-12(11-19-15(8-10-21)17(22)23)4-6-14-7-5-13-3-2-9-18-16(13)20-14/h5,7,12,15,19,21H,2-4,6,8-11H2,1H3,(H,18,20)(H,22,23)/t12-,15+/m0/s1. The Morgan fingerprint density at radius 3 is 3.00 bits per heavy atom. The number of hydrogen-bond donors (Lipinski definition) is 4. The van der Waals surface area contributed by atoms with Gasteiger partial charge in [-0.3, -0.25) is 4.79 Å². The topological polar surface area (TPSA) is 94.5 Å². The molecule has 1 aliphatic rings. The van der Waals surface area contributed by atoms with Crippen molar-refractivity contribution in [2.75, 3.05) is 25.0 Å². The summed E-state index contributed by atoms with van der Waals surface area (Å²) in [5.74, 6) is 0.462. The molecular weight excluding hydrogens is 294 g/mol. The van der Waals surface area contributed by atoms with E-state index in [1.165, 1.54) is 5.56 Å². The van der Waals surface area contributed by atoms with Gasteiger partial charge in [-0.2, -0.15) is 0 Å². The van der Waals surface area contributed by atoms with Crippen molar-refractivity contribution in [3.05, 3.63) is 23.4 Å². The third-order valence-electron chi connectivity index (χ3n) is 4.27. The summed E-state index contributed by atoms with van der Waals surface area (Å²) >= 11 is 0. The Bertz CT molecular complexity index is 522. The molecular formula is C17H27N3O3. The minimum atomic E-state index is -0.909. The van der Waals surface area contributed by atoms with Crippen molar-refractivity contribution in [2.24, 2.45) is 5.92 Å². The van der Waals surface area contributed by atoms with Crippen LogP contribution in [0.2, 0.25) is 0 Å². The van der Waals surface area contributed by atoms with Gasteiger partial charge in [0.15, 0.2) is 0 Å². The zero-order valence-electron chi connectivity index (χ0n) is 13.7. The van der Waals surface area contributed by atoms with E-state index in [0.29, 0.717) is 12.5 Å². The molecule has 6 nitrogen and oxygen atoms in total. The molecule has 0 aliphatic carbocycles. The van der Waals surface area contributed by atoms with Crippen LogP contribution in [0.5, 0.6) is 0 Å². The van der Waals surface area contributed by atoms with Gasteiger partial charge in [-0.25, -0.2) is 4.98 Å². The number of aliphatic carboxylic acids is 1. The predicted molar refractivity (Wildman–Crippen MR) is 89.7 cm³/mol. The number of hydrogen-bond acceptors (Lipinski definition) is 5. The van der Waals surface area contributed by atoms with E-state index in [2.05, 4.69) is 34.7 Å². The lowest BCUT2D eigenvalue weighted by molar-refractivity contribution is -0.139. The molecule has 4 N–H and O–H groups in total. The molecule has 1 aromatic rings. The van der Waals surface area contributed by atoms with E-state index < -0.39 is 12.0 Å². The first-order valence-corrected chi connectivity index (χ1v) is 8.40. The molecule has 0 saturated heterocycles. The van der Waals surface area contributed by atoms with Crippen LogP contribution < -0.4 is 10.6 Å². The molecule has 0 fully saturated rings. The molecule has 2 rings (SSSR count). The molecule has 0 spiro atoms. The van der Waals surface area contributed by atoms with Crippen LogP contribution >= 0.6 is 0 Å². The third kappa shape index (κ3) is 5.48. The summed E-state index contributed by atoms with van der Waals surface area (Å²) in [6, 6.07) is 3.58. The second kappa shape index (κ2) is 8.84. The van der Waals surface area contributed by atoms with Crippen molar-refractivity contribution in [1.29, 1.82) is 0 Å². The van der Waals surface area contributed by atoms with Gasteiger partial charge in [0, 0.05) is 18.8 Å². The summed E-state index contributed by atoms with van der Waals surface area (Å²) < 4.78 is 0. The van der Waals surface area contributed by atoms with E-state index in [0.717, 1.165) is 43.7 Å². The van der Waals surface area contributed by atoms with Crippen molar-refractivity contribution in [3.63, 3.8) is 0 Å². The van der Waals surface area contributed by atoms with Crippen LogP contribution in [0, 0.1) is 5.92 Å². The highest BCUT2D eigenvalue weighted by Crippen LogP contribution is 2.20. The SMILES string of the molecule is C[C@@H](CCc1ccc2c(n1)NCCC2)CN[C@H](CCO)C(=O)O. The summed E-state index contributed by atoms with van der Waals surface area (Å²) in [5, 5.41) is 24.3. The number of aryl methyl sites for hydroxylation is 2. The summed E-state index contributed by atoms with van der Waals surface area (Å²) in [4.78, 5) is 15.7. The Morgan fingerprint density at radius 2 is 2.26 bits per heavy atom. The highest BCUT2D eigenvalue weighted by molar-refractivity contribution is 5.73. The van der Waals surface area contributed by atoms with Crippen molar-refractivity contribution >= 4 is 11.8 Å². The zero-order chi connectivity index (χ0) is 16.7. The second-order valence-corrected chi connectivity index (χ2v) is 6.30. The lowest BCUT2D eigenvalue weighted by Gasteiger charge is -2.19. The first kappa shape index (κ1) is 17.7. The number of pyridine rings is 1. The Labute approximate surface area is 137 Å². The fourth-order valence-corrected chi connectivity index (χ4v) is 2.79. The monoisotopic (exact) mass is 321 g/mol. The number of anilines is 1. The van der Waals surface area contributed by atoms with Crippen LogP contribution in [0.3, 0.4) is 0 Å². The molecule has 1 aliphatic heterocycles. The maximum absolute atomic E-state index is 11.0. The maximum Gasteiger partial charge on any atom is 0.320 e. The smallest absolute Gasteiger partial charge is 0.320 e. The largest absolute Gasteiger partial charge is 0.480 e. The van der Waals surface area contributed by atoms with Gasteiger partial charge in [0.1, 0.15) is 11.9 Å². The molecule has 0 bridgehead atoms. The summed E-state index contributed by atoms with van der Waals surface area (Å²) in [6.07, 6.45) is 4.33. The quantitative estimate of drug-likeness (QED) is 0.550. The van der Waals surface area contributed by atoms with E-state index in [1.807, 2.05) is 0 Å². The molecule has 2 heterocycles. The van der Waals surface area contributed by atoms with Crippen LogP contribution in [0.15, 0.2) is 12.1 Å².